The van der Waals surface area contributed by atoms with E-state index in [1.54, 1.807) is 0 Å². The van der Waals surface area contributed by atoms with E-state index in [0.717, 1.165) is 10.9 Å². The lowest BCUT2D eigenvalue weighted by Crippen LogP contribution is -2.53. The minimum atomic E-state index is -2.92. The topological polar surface area (TPSA) is 223 Å². The van der Waals surface area contributed by atoms with Gasteiger partial charge in [-0.2, -0.15) is 9.97 Å². The Morgan fingerprint density at radius 3 is 2.43 bits per heavy atom. The number of aliphatic hydroxyl groups excluding tert-OH is 1. The number of hydrogen-bond donors (Lipinski definition) is 6. The lowest BCUT2D eigenvalue weighted by Gasteiger charge is -2.29. The second-order valence-corrected chi connectivity index (χ2v) is 9.04. The first-order chi connectivity index (χ1) is 17.4. The monoisotopic (exact) mass is 539 g/mol. The van der Waals surface area contributed by atoms with Crippen molar-refractivity contribution >= 4 is 40.5 Å². The van der Waals surface area contributed by atoms with E-state index in [2.05, 4.69) is 15.0 Å². The van der Waals surface area contributed by atoms with Crippen LogP contribution in [0.5, 0.6) is 0 Å². The average molecular weight is 540 g/mol. The number of carboxylic acids is 2. The highest BCUT2D eigenvalue weighted by molar-refractivity contribution is 6.28. The number of nitrogens with two attached hydrogens (primary N) is 1. The highest BCUT2D eigenvalue weighted by Gasteiger charge is 2.80. The van der Waals surface area contributed by atoms with Crippen LogP contribution in [0.25, 0.3) is 11.2 Å². The van der Waals surface area contributed by atoms with E-state index >= 15 is 4.39 Å². The van der Waals surface area contributed by atoms with Crippen LogP contribution in [0.3, 0.4) is 0 Å². The molecule has 16 heteroatoms. The van der Waals surface area contributed by atoms with Gasteiger partial charge in [0.1, 0.15) is 17.7 Å². The minimum Gasteiger partial charge on any atom is -0.479 e. The van der Waals surface area contributed by atoms with Crippen molar-refractivity contribution in [3.63, 3.8) is 0 Å². The zero-order valence-corrected chi connectivity index (χ0v) is 19.2. The second-order valence-electron chi connectivity index (χ2n) is 8.71. The fourth-order valence-corrected chi connectivity index (χ4v) is 4.60. The molecule has 0 radical (unpaired) electrons. The molecule has 1 saturated heterocycles. The second kappa shape index (κ2) is 8.54. The third-order valence-electron chi connectivity index (χ3n) is 6.50. The van der Waals surface area contributed by atoms with Gasteiger partial charge in [-0.3, -0.25) is 4.57 Å². The number of benzene rings is 1. The number of carbonyl (C=O) groups is 2. The maximum Gasteiger partial charge on any atom is 0.348 e. The molecule has 1 unspecified atom stereocenters. The van der Waals surface area contributed by atoms with Crippen molar-refractivity contribution in [1.29, 1.82) is 0 Å². The van der Waals surface area contributed by atoms with Gasteiger partial charge in [-0.1, -0.05) is 24.3 Å². The van der Waals surface area contributed by atoms with Crippen molar-refractivity contribution in [1.82, 2.24) is 19.5 Å². The smallest absolute Gasteiger partial charge is 0.348 e. The predicted octanol–water partition coefficient (Wildman–Crippen LogP) is -0.439. The molecule has 1 aliphatic heterocycles. The highest BCUT2D eigenvalue weighted by Crippen LogP contribution is 2.58. The summed E-state index contributed by atoms with van der Waals surface area (Å²) in [5, 5.41) is 48.8. The molecule has 196 valence electrons. The van der Waals surface area contributed by atoms with E-state index in [1.807, 2.05) is 0 Å². The van der Waals surface area contributed by atoms with Gasteiger partial charge in [-0.25, -0.2) is 19.0 Å². The largest absolute Gasteiger partial charge is 0.479 e. The predicted molar refractivity (Wildman–Crippen MR) is 119 cm³/mol. The van der Waals surface area contributed by atoms with Crippen LogP contribution in [0.2, 0.25) is 5.28 Å². The molecule has 37 heavy (non-hydrogen) atoms. The third kappa shape index (κ3) is 3.78. The summed E-state index contributed by atoms with van der Waals surface area (Å²) in [4.78, 5) is 35.9. The fraction of sp³-hybridized carbons (Fsp3) is 0.381. The number of ether oxygens (including phenoxy) is 2. The van der Waals surface area contributed by atoms with E-state index in [9.17, 15) is 35.1 Å². The zero-order chi connectivity index (χ0) is 26.9. The molecular weight excluding hydrogens is 521 g/mol. The van der Waals surface area contributed by atoms with Gasteiger partial charge in [0, 0.05) is 12.0 Å². The van der Waals surface area contributed by atoms with Gasteiger partial charge in [0.05, 0.1) is 6.33 Å². The summed E-state index contributed by atoms with van der Waals surface area (Å²) >= 11 is 5.82. The van der Waals surface area contributed by atoms with Gasteiger partial charge in [0.25, 0.3) is 5.60 Å². The van der Waals surface area contributed by atoms with Crippen LogP contribution in [0.4, 0.5) is 10.2 Å². The van der Waals surface area contributed by atoms with Crippen LogP contribution in [-0.4, -0.2) is 86.6 Å². The number of fused-ring (bicyclic) bond motifs is 2. The van der Waals surface area contributed by atoms with Crippen molar-refractivity contribution in [3.8, 4) is 0 Å². The normalized spacial score (nSPS) is 27.0. The van der Waals surface area contributed by atoms with Gasteiger partial charge in [0.2, 0.25) is 5.28 Å². The Labute approximate surface area is 210 Å². The van der Waals surface area contributed by atoms with E-state index in [4.69, 9.17) is 26.8 Å². The Balaban J connectivity index is 1.40. The van der Waals surface area contributed by atoms with E-state index < -0.39 is 60.5 Å². The lowest BCUT2D eigenvalue weighted by atomic mass is 9.93. The summed E-state index contributed by atoms with van der Waals surface area (Å²) in [5.74, 6) is -3.86. The van der Waals surface area contributed by atoms with Gasteiger partial charge < -0.3 is 40.7 Å². The number of nitrogen functional groups attached to an aromatic ring is 1. The maximum absolute atomic E-state index is 15.5. The number of nitrogens with zero attached hydrogens (tertiary/aromatic N) is 4. The summed E-state index contributed by atoms with van der Waals surface area (Å²) in [7, 11) is 0. The van der Waals surface area contributed by atoms with Crippen LogP contribution in [0.15, 0.2) is 30.6 Å². The van der Waals surface area contributed by atoms with Gasteiger partial charge in [0.15, 0.2) is 35.8 Å². The Bertz CT molecular complexity index is 1390. The molecule has 2 aliphatic rings. The quantitative estimate of drug-likeness (QED) is 0.121. The molecule has 5 atom stereocenters. The summed E-state index contributed by atoms with van der Waals surface area (Å²) in [6.07, 6.45) is -8.09. The van der Waals surface area contributed by atoms with Gasteiger partial charge in [-0.15, -0.1) is 0 Å². The molecule has 1 aromatic carbocycles. The number of halogens is 2. The van der Waals surface area contributed by atoms with Crippen molar-refractivity contribution in [2.24, 2.45) is 0 Å². The van der Waals surface area contributed by atoms with Crippen LogP contribution in [0.1, 0.15) is 23.6 Å². The highest BCUT2D eigenvalue weighted by atomic mass is 35.5. The Hall–Kier alpha value is -3.47. The Kier molecular flexibility index (Phi) is 5.82. The number of alkyl halides is 1. The van der Waals surface area contributed by atoms with E-state index in [1.165, 1.54) is 24.3 Å². The van der Waals surface area contributed by atoms with Crippen molar-refractivity contribution in [2.45, 2.75) is 48.5 Å². The number of anilines is 1. The van der Waals surface area contributed by atoms with Crippen LogP contribution >= 0.6 is 11.6 Å². The zero-order valence-electron chi connectivity index (χ0n) is 18.5. The first-order valence-corrected chi connectivity index (χ1v) is 11.0. The Morgan fingerprint density at radius 2 is 1.89 bits per heavy atom. The van der Waals surface area contributed by atoms with Gasteiger partial charge in [-0.05, 0) is 17.2 Å². The van der Waals surface area contributed by atoms with Crippen LogP contribution in [-0.2, 0) is 25.5 Å². The summed E-state index contributed by atoms with van der Waals surface area (Å²) < 4.78 is 27.6. The molecule has 3 heterocycles. The number of carboxylic acid groups (broad SMARTS) is 2. The molecule has 2 fully saturated rings. The average Bonchev–Trinajstić information content (AvgIpc) is 3.07. The van der Waals surface area contributed by atoms with Crippen molar-refractivity contribution < 1.29 is 49.0 Å². The first kappa shape index (κ1) is 25.2. The molecule has 1 aliphatic carbocycles. The maximum atomic E-state index is 15.5. The molecule has 1 saturated carbocycles. The summed E-state index contributed by atoms with van der Waals surface area (Å²) in [5.41, 5.74) is 0.835. The molecule has 7 N–H and O–H groups in total. The van der Waals surface area contributed by atoms with Crippen molar-refractivity contribution in [3.05, 3.63) is 47.0 Å². The molecule has 5 rings (SSSR count). The first-order valence-electron chi connectivity index (χ1n) is 10.7. The Morgan fingerprint density at radius 1 is 1.24 bits per heavy atom. The fourth-order valence-electron chi connectivity index (χ4n) is 4.43. The molecule has 0 spiro atoms. The number of aliphatic hydroxyl groups is 3. The number of imidazole rings is 1. The van der Waals surface area contributed by atoms with Crippen molar-refractivity contribution in [2.75, 3.05) is 5.73 Å². The third-order valence-corrected chi connectivity index (χ3v) is 6.67. The number of aromatic nitrogens is 4. The molecule has 3 aromatic rings. The molecule has 0 bridgehead atoms. The minimum absolute atomic E-state index is 0.0226. The van der Waals surface area contributed by atoms with Crippen LogP contribution < -0.4 is 5.73 Å². The number of rotatable bonds is 8. The van der Waals surface area contributed by atoms with E-state index in [0.29, 0.717) is 0 Å². The van der Waals surface area contributed by atoms with E-state index in [-0.39, 0.29) is 33.4 Å². The SMILES string of the molecule is Nc1nc(Cl)nc2c1ncn2[C@@H]1O[C@@H]2C(OC(Cc3ccc(C(O)O)cc3)(C(=O)O)C(=O)O)[C@@]2(O)[C@@H]1F. The van der Waals surface area contributed by atoms with Crippen LogP contribution in [0, 0.1) is 0 Å². The van der Waals surface area contributed by atoms with Gasteiger partial charge >= 0.3 is 11.9 Å². The number of hydrogen-bond acceptors (Lipinski definition) is 11. The summed E-state index contributed by atoms with van der Waals surface area (Å²) in [6.45, 7) is 0. The molecule has 14 nitrogen and oxygen atoms in total. The lowest BCUT2D eigenvalue weighted by molar-refractivity contribution is -0.194. The summed E-state index contributed by atoms with van der Waals surface area (Å²) in [6, 6.07) is 5.09. The molecular formula is C21H19ClFN5O9. The molecule has 0 amide bonds. The number of aliphatic carboxylic acids is 2. The molecule has 2 aromatic heterocycles. The standard InChI is InChI=1S/C21H19ClFN5O9/c22-19-26-13(24)9-14(27-19)28(6-25-9)15-10(23)21(35)11(36-15)12(21)37-20(17(31)32,18(33)34)5-7-1-3-8(4-2-7)16(29)30/h1-4,6,10-12,15-16,29-30,35H,5H2,(H,31,32)(H,33,34)(H2,24,26,27)/t10-,11-,12?,15-,21-/m1/s1.